The van der Waals surface area contributed by atoms with Crippen molar-refractivity contribution in [1.82, 2.24) is 39.5 Å². The normalized spacial score (nSPS) is 10.2. The summed E-state index contributed by atoms with van der Waals surface area (Å²) in [6, 6.07) is 0. The minimum atomic E-state index is -0.493. The molecule has 0 fully saturated rings. The molecule has 176 valence electrons. The smallest absolute Gasteiger partial charge is 0.343 e. The number of ether oxygens (including phenoxy) is 2. The van der Waals surface area contributed by atoms with E-state index in [2.05, 4.69) is 30.1 Å². The van der Waals surface area contributed by atoms with E-state index in [-0.39, 0.29) is 36.0 Å². The highest BCUT2D eigenvalue weighted by atomic mass is 16.5. The number of anilines is 2. The molecule has 0 aromatic carbocycles. The lowest BCUT2D eigenvalue weighted by Crippen LogP contribution is -2.09. The first-order valence-electron chi connectivity index (χ1n) is 9.99. The van der Waals surface area contributed by atoms with E-state index in [1.54, 1.807) is 38.6 Å². The van der Waals surface area contributed by atoms with Gasteiger partial charge in [-0.05, 0) is 13.8 Å². The highest BCUT2D eigenvalue weighted by molar-refractivity contribution is 5.94. The first-order chi connectivity index (χ1) is 16.5. The summed E-state index contributed by atoms with van der Waals surface area (Å²) in [5.74, 6) is -0.660. The lowest BCUT2D eigenvalue weighted by Gasteiger charge is -2.03. The number of nitrogen functional groups attached to an aromatic ring is 2. The first kappa shape index (κ1) is 23.8. The molecule has 0 bridgehead atoms. The molecule has 34 heavy (non-hydrogen) atoms. The van der Waals surface area contributed by atoms with Crippen LogP contribution >= 0.6 is 0 Å². The zero-order valence-electron chi connectivity index (χ0n) is 18.4. The number of rotatable bonds is 6. The van der Waals surface area contributed by atoms with Gasteiger partial charge < -0.3 is 20.9 Å². The minimum Gasteiger partial charge on any atom is -0.462 e. The van der Waals surface area contributed by atoms with Crippen molar-refractivity contribution in [3.05, 3.63) is 61.0 Å². The van der Waals surface area contributed by atoms with E-state index >= 15 is 0 Å². The maximum Gasteiger partial charge on any atom is 0.343 e. The molecule has 0 saturated carbocycles. The molecule has 0 aliphatic heterocycles. The Balaban J connectivity index is 0.000000191. The van der Waals surface area contributed by atoms with Gasteiger partial charge in [0.15, 0.2) is 5.82 Å². The van der Waals surface area contributed by atoms with Gasteiger partial charge >= 0.3 is 11.9 Å². The van der Waals surface area contributed by atoms with E-state index in [4.69, 9.17) is 20.9 Å². The molecule has 0 aliphatic carbocycles. The molecular weight excluding hydrogens is 444 g/mol. The third-order valence-electron chi connectivity index (χ3n) is 4.14. The highest BCUT2D eigenvalue weighted by Crippen LogP contribution is 2.16. The van der Waals surface area contributed by atoms with Crippen molar-refractivity contribution < 1.29 is 19.1 Å². The van der Waals surface area contributed by atoms with Gasteiger partial charge in [-0.25, -0.2) is 38.9 Å². The average Bonchev–Trinajstić information content (AvgIpc) is 3.44. The molecule has 4 heterocycles. The predicted octanol–water partition coefficient (Wildman–Crippen LogP) is 0.842. The van der Waals surface area contributed by atoms with Gasteiger partial charge in [0.1, 0.15) is 41.0 Å². The van der Waals surface area contributed by atoms with Gasteiger partial charge in [-0.3, -0.25) is 0 Å². The summed E-state index contributed by atoms with van der Waals surface area (Å²) >= 11 is 0. The maximum absolute atomic E-state index is 11.5. The van der Waals surface area contributed by atoms with E-state index in [0.29, 0.717) is 11.4 Å². The van der Waals surface area contributed by atoms with E-state index in [0.717, 1.165) is 0 Å². The van der Waals surface area contributed by atoms with Crippen molar-refractivity contribution in [2.24, 2.45) is 0 Å². The van der Waals surface area contributed by atoms with Crippen molar-refractivity contribution in [2.75, 3.05) is 24.7 Å². The minimum absolute atomic E-state index is 0.118. The Labute approximate surface area is 193 Å². The van der Waals surface area contributed by atoms with Crippen LogP contribution in [0.2, 0.25) is 0 Å². The fraction of sp³-hybridized carbons (Fsp3) is 0.200. The number of carbonyl (C=O) groups is 2. The lowest BCUT2D eigenvalue weighted by atomic mass is 10.3. The van der Waals surface area contributed by atoms with Crippen molar-refractivity contribution in [2.45, 2.75) is 13.8 Å². The monoisotopic (exact) mass is 466 g/mol. The zero-order valence-corrected chi connectivity index (χ0v) is 18.4. The van der Waals surface area contributed by atoms with Crippen LogP contribution < -0.4 is 11.5 Å². The number of hydrogen-bond acceptors (Lipinski definition) is 12. The molecule has 4 N–H and O–H groups in total. The number of nitrogens with two attached hydrogens (primary N) is 2. The molecule has 0 aliphatic rings. The number of nitrogens with zero attached hydrogens (tertiary/aromatic N) is 8. The standard InChI is InChI=1S/2C10H11N5O2/c1-2-17-10(16)8-5-15(14-9(8)11)7-3-12-6-13-4-7;1-2-17-10(16)8-5-14-15(9(8)11)7-3-12-6-13-4-7/h3-6H,2H2,1H3,(H2,11,14);3-6H,2,11H2,1H3. The third kappa shape index (κ3) is 5.48. The topological polar surface area (TPSA) is 192 Å². The Kier molecular flexibility index (Phi) is 7.78. The van der Waals surface area contributed by atoms with Gasteiger partial charge in [-0.2, -0.15) is 5.10 Å². The molecular formula is C20H22N10O4. The quantitative estimate of drug-likeness (QED) is 0.381. The SMILES string of the molecule is CCOC(=O)c1cn(-c2cncnc2)nc1N.CCOC(=O)c1cnn(-c2cncnc2)c1N. The zero-order chi connectivity index (χ0) is 24.5. The van der Waals surface area contributed by atoms with E-state index in [9.17, 15) is 9.59 Å². The molecule has 4 rings (SSSR count). The second-order valence-corrected chi connectivity index (χ2v) is 6.36. The van der Waals surface area contributed by atoms with Crippen LogP contribution in [0.3, 0.4) is 0 Å². The van der Waals surface area contributed by atoms with Crippen molar-refractivity contribution in [1.29, 1.82) is 0 Å². The summed E-state index contributed by atoms with van der Waals surface area (Å²) in [7, 11) is 0. The second kappa shape index (κ2) is 11.1. The second-order valence-electron chi connectivity index (χ2n) is 6.36. The van der Waals surface area contributed by atoms with Crippen LogP contribution in [0.25, 0.3) is 11.4 Å². The molecule has 0 atom stereocenters. The van der Waals surface area contributed by atoms with Crippen LogP contribution in [0, 0.1) is 0 Å². The molecule has 0 saturated heterocycles. The molecule has 14 nitrogen and oxygen atoms in total. The number of aromatic nitrogens is 8. The number of carbonyl (C=O) groups excluding carboxylic acids is 2. The molecule has 0 radical (unpaired) electrons. The Bertz CT molecular complexity index is 1220. The van der Waals surface area contributed by atoms with Crippen LogP contribution in [0.15, 0.2) is 49.8 Å². The fourth-order valence-electron chi connectivity index (χ4n) is 2.63. The molecule has 0 unspecified atom stereocenters. The first-order valence-corrected chi connectivity index (χ1v) is 9.99. The van der Waals surface area contributed by atoms with E-state index < -0.39 is 11.9 Å². The predicted molar refractivity (Wildman–Crippen MR) is 119 cm³/mol. The van der Waals surface area contributed by atoms with E-state index in [1.807, 2.05) is 0 Å². The Morgan fingerprint density at radius 1 is 0.824 bits per heavy atom. The summed E-state index contributed by atoms with van der Waals surface area (Å²) in [4.78, 5) is 38.4. The summed E-state index contributed by atoms with van der Waals surface area (Å²) in [6.45, 7) is 4.03. The summed E-state index contributed by atoms with van der Waals surface area (Å²) < 4.78 is 12.5. The maximum atomic E-state index is 11.5. The van der Waals surface area contributed by atoms with Gasteiger partial charge in [0.2, 0.25) is 0 Å². The summed E-state index contributed by atoms with van der Waals surface area (Å²) in [6.07, 6.45) is 11.9. The van der Waals surface area contributed by atoms with Crippen molar-refractivity contribution in [3.8, 4) is 11.4 Å². The molecule has 4 aromatic heterocycles. The van der Waals surface area contributed by atoms with Crippen LogP contribution in [-0.4, -0.2) is 64.6 Å². The van der Waals surface area contributed by atoms with Crippen LogP contribution in [0.1, 0.15) is 34.6 Å². The van der Waals surface area contributed by atoms with Crippen LogP contribution in [-0.2, 0) is 9.47 Å². The van der Waals surface area contributed by atoms with Crippen LogP contribution in [0.4, 0.5) is 11.6 Å². The molecule has 4 aromatic rings. The van der Waals surface area contributed by atoms with Crippen molar-refractivity contribution in [3.63, 3.8) is 0 Å². The summed E-state index contributed by atoms with van der Waals surface area (Å²) in [5.41, 5.74) is 13.1. The van der Waals surface area contributed by atoms with Gasteiger partial charge in [0.05, 0.1) is 44.2 Å². The molecule has 0 amide bonds. The van der Waals surface area contributed by atoms with E-state index in [1.165, 1.54) is 34.4 Å². The molecule has 0 spiro atoms. The van der Waals surface area contributed by atoms with Crippen LogP contribution in [0.5, 0.6) is 0 Å². The largest absolute Gasteiger partial charge is 0.462 e. The third-order valence-corrected chi connectivity index (χ3v) is 4.14. The van der Waals surface area contributed by atoms with Gasteiger partial charge in [0, 0.05) is 6.20 Å². The molecule has 14 heteroatoms. The van der Waals surface area contributed by atoms with Gasteiger partial charge in [-0.1, -0.05) is 0 Å². The van der Waals surface area contributed by atoms with Gasteiger partial charge in [-0.15, -0.1) is 5.10 Å². The average molecular weight is 466 g/mol. The fourth-order valence-corrected chi connectivity index (χ4v) is 2.63. The van der Waals surface area contributed by atoms with Gasteiger partial charge in [0.25, 0.3) is 0 Å². The Morgan fingerprint density at radius 2 is 1.35 bits per heavy atom. The number of hydrogen-bond donors (Lipinski definition) is 2. The number of esters is 2. The Hall–Kier alpha value is -4.88. The summed E-state index contributed by atoms with van der Waals surface area (Å²) in [5, 5.41) is 8.00. The lowest BCUT2D eigenvalue weighted by molar-refractivity contribution is 0.0518. The highest BCUT2D eigenvalue weighted by Gasteiger charge is 2.17. The van der Waals surface area contributed by atoms with Crippen molar-refractivity contribution >= 4 is 23.6 Å². The Morgan fingerprint density at radius 3 is 1.91 bits per heavy atom.